The van der Waals surface area contributed by atoms with Crippen LogP contribution in [0.25, 0.3) is 22.4 Å². The molecule has 0 aliphatic carbocycles. The van der Waals surface area contributed by atoms with Gasteiger partial charge in [-0.15, -0.1) is 11.3 Å². The smallest absolute Gasteiger partial charge is 0.433 e. The average Bonchev–Trinajstić information content (AvgIpc) is 3.62. The summed E-state index contributed by atoms with van der Waals surface area (Å²) in [5.41, 5.74) is 5.18. The highest BCUT2D eigenvalue weighted by molar-refractivity contribution is 7.26. The fraction of sp³-hybridized carbons (Fsp3) is 0.407. The normalized spacial score (nSPS) is 12.4. The molecule has 0 bridgehead atoms. The van der Waals surface area contributed by atoms with Crippen LogP contribution in [0.2, 0.25) is 13.1 Å². The van der Waals surface area contributed by atoms with Gasteiger partial charge in [0.1, 0.15) is 17.0 Å². The van der Waals surface area contributed by atoms with Crippen LogP contribution in [0.1, 0.15) is 48.6 Å². The molecule has 1 amide bonds. The number of hydrogen-bond donors (Lipinski definition) is 3. The van der Waals surface area contributed by atoms with Crippen molar-refractivity contribution in [1.29, 1.82) is 0 Å². The molecule has 3 aromatic heterocycles. The van der Waals surface area contributed by atoms with E-state index < -0.39 is 17.8 Å². The molecule has 9 nitrogen and oxygen atoms in total. The van der Waals surface area contributed by atoms with E-state index in [1.807, 2.05) is 13.1 Å². The Morgan fingerprint density at radius 3 is 2.66 bits per heavy atom. The first-order valence-electron chi connectivity index (χ1n) is 13.3. The molecular formula is C27H32BF3N6O3S. The monoisotopic (exact) mass is 588 g/mol. The minimum atomic E-state index is -4.63. The number of anilines is 1. The first-order valence-corrected chi connectivity index (χ1v) is 14.2. The lowest BCUT2D eigenvalue weighted by Crippen LogP contribution is -2.36. The van der Waals surface area contributed by atoms with Gasteiger partial charge in [-0.2, -0.15) is 13.2 Å². The molecule has 218 valence electrons. The Kier molecular flexibility index (Phi) is 9.54. The number of pyridine rings is 1. The van der Waals surface area contributed by atoms with E-state index in [1.165, 1.54) is 24.0 Å². The summed E-state index contributed by atoms with van der Waals surface area (Å²) in [7, 11) is 1.34. The number of nitrogens with one attached hydrogen (secondary N) is 2. The molecule has 1 unspecified atom stereocenters. The third-order valence-corrected chi connectivity index (χ3v) is 8.06. The molecular weight excluding hydrogens is 556 g/mol. The largest absolute Gasteiger partial charge is 0.494 e. The zero-order valence-electron chi connectivity index (χ0n) is 23.3. The summed E-state index contributed by atoms with van der Waals surface area (Å²) < 4.78 is 52.2. The number of nitrogens with zero attached hydrogens (tertiary/aromatic N) is 3. The van der Waals surface area contributed by atoms with Gasteiger partial charge < -0.3 is 25.5 Å². The lowest BCUT2D eigenvalue weighted by molar-refractivity contribution is -0.140. The molecule has 0 saturated heterocycles. The number of aromatic nitrogens is 3. The molecule has 4 rings (SSSR count). The minimum absolute atomic E-state index is 0.00613. The van der Waals surface area contributed by atoms with Gasteiger partial charge in [-0.3, -0.25) is 4.79 Å². The van der Waals surface area contributed by atoms with Gasteiger partial charge in [0.05, 0.1) is 13.7 Å². The van der Waals surface area contributed by atoms with E-state index in [9.17, 15) is 18.0 Å². The number of fused-ring (bicyclic) bond motifs is 1. The van der Waals surface area contributed by atoms with E-state index in [0.29, 0.717) is 37.0 Å². The van der Waals surface area contributed by atoms with Crippen LogP contribution in [-0.2, 0) is 12.7 Å². The van der Waals surface area contributed by atoms with Crippen LogP contribution in [-0.4, -0.2) is 47.3 Å². The van der Waals surface area contributed by atoms with Gasteiger partial charge in [-0.1, -0.05) is 27.0 Å². The van der Waals surface area contributed by atoms with Crippen molar-refractivity contribution in [2.75, 3.05) is 19.0 Å². The van der Waals surface area contributed by atoms with E-state index >= 15 is 0 Å². The molecule has 0 spiro atoms. The van der Waals surface area contributed by atoms with E-state index in [2.05, 4.69) is 39.3 Å². The van der Waals surface area contributed by atoms with Gasteiger partial charge in [0.25, 0.3) is 5.91 Å². The number of carbonyl (C=O) groups excluding carboxylic acids is 1. The van der Waals surface area contributed by atoms with E-state index in [4.69, 9.17) is 14.9 Å². The molecule has 41 heavy (non-hydrogen) atoms. The molecule has 0 saturated carbocycles. The Morgan fingerprint density at radius 1 is 1.22 bits per heavy atom. The number of nitrogens with two attached hydrogens (primary N) is 1. The number of hydrogen-bond acceptors (Lipinski definition) is 9. The molecule has 0 aliphatic rings. The minimum Gasteiger partial charge on any atom is -0.494 e. The van der Waals surface area contributed by atoms with Crippen LogP contribution in [0.3, 0.4) is 0 Å². The number of amides is 1. The highest BCUT2D eigenvalue weighted by atomic mass is 32.1. The summed E-state index contributed by atoms with van der Waals surface area (Å²) in [6.45, 7) is 7.26. The number of methoxy groups -OCH3 is 1. The van der Waals surface area contributed by atoms with E-state index in [0.717, 1.165) is 17.5 Å². The molecule has 0 fully saturated rings. The van der Waals surface area contributed by atoms with Crippen molar-refractivity contribution in [3.05, 3.63) is 47.6 Å². The molecule has 4 aromatic rings. The summed E-state index contributed by atoms with van der Waals surface area (Å²) in [4.78, 5) is 25.8. The number of oxazole rings is 1. The maximum absolute atomic E-state index is 13.3. The Bertz CT molecular complexity index is 1510. The zero-order chi connectivity index (χ0) is 29.7. The van der Waals surface area contributed by atoms with Crippen LogP contribution in [0.5, 0.6) is 5.75 Å². The highest BCUT2D eigenvalue weighted by Crippen LogP contribution is 2.37. The average molecular weight is 588 g/mol. The van der Waals surface area contributed by atoms with Crippen molar-refractivity contribution in [1.82, 2.24) is 20.3 Å². The van der Waals surface area contributed by atoms with Gasteiger partial charge >= 0.3 is 6.18 Å². The quantitative estimate of drug-likeness (QED) is 0.193. The lowest BCUT2D eigenvalue weighted by Gasteiger charge is -2.16. The summed E-state index contributed by atoms with van der Waals surface area (Å²) in [6.07, 6.45) is -0.348. The predicted octanol–water partition coefficient (Wildman–Crippen LogP) is 5.19. The molecule has 4 N–H and O–H groups in total. The molecule has 0 radical (unpaired) electrons. The first-order chi connectivity index (χ1) is 19.6. The van der Waals surface area contributed by atoms with Crippen molar-refractivity contribution in [2.45, 2.75) is 58.6 Å². The Hall–Kier alpha value is -3.65. The van der Waals surface area contributed by atoms with Crippen molar-refractivity contribution in [3.63, 3.8) is 0 Å². The van der Waals surface area contributed by atoms with Gasteiger partial charge in [-0.25, -0.2) is 15.0 Å². The molecule has 1 atom stereocenters. The third kappa shape index (κ3) is 6.81. The third-order valence-electron chi connectivity index (χ3n) is 6.88. The summed E-state index contributed by atoms with van der Waals surface area (Å²) in [6, 6.07) is 5.08. The van der Waals surface area contributed by atoms with Gasteiger partial charge in [0.15, 0.2) is 23.3 Å². The topological polar surface area (TPSA) is 128 Å². The number of halogens is 3. The number of thiazole rings is 1. The summed E-state index contributed by atoms with van der Waals surface area (Å²) >= 11 is 1.63. The number of carbonyl (C=O) groups is 1. The Morgan fingerprint density at radius 2 is 2.00 bits per heavy atom. The fourth-order valence-corrected chi connectivity index (χ4v) is 5.24. The summed E-state index contributed by atoms with van der Waals surface area (Å²) in [5, 5.41) is 7.48. The van der Waals surface area contributed by atoms with Crippen molar-refractivity contribution >= 4 is 44.8 Å². The molecule has 3 heterocycles. The number of benzene rings is 1. The standard InChI is InChI=1S/C27H32BF3N6O3S/c1-5-15(11-12-33-26-34-14-21(41-26)28(3)6-2)35-24(38)23-19(13-32)40-25(37-23)17-7-9-18(39-4)22-16(17)8-10-20(36-22)27(29,30)31/h7-10,14-15H,5-6,11-13,32H2,1-4H3,(H,33,34)(H,35,38). The Labute approximate surface area is 240 Å². The molecule has 0 aliphatic heterocycles. The maximum Gasteiger partial charge on any atom is 0.433 e. The SMILES string of the molecule is CCB(C)c1cnc(NCCC(CC)NC(=O)c2nc(-c3ccc(OC)c4nc(C(F)(F)F)ccc34)oc2CN)s1. The van der Waals surface area contributed by atoms with Crippen molar-refractivity contribution in [2.24, 2.45) is 5.73 Å². The predicted molar refractivity (Wildman–Crippen MR) is 155 cm³/mol. The van der Waals surface area contributed by atoms with Crippen molar-refractivity contribution < 1.29 is 27.1 Å². The number of alkyl halides is 3. The van der Waals surface area contributed by atoms with Crippen molar-refractivity contribution in [3.8, 4) is 17.2 Å². The van der Waals surface area contributed by atoms with Crippen LogP contribution < -0.4 is 25.9 Å². The second kappa shape index (κ2) is 12.9. The maximum atomic E-state index is 13.3. The zero-order valence-corrected chi connectivity index (χ0v) is 24.1. The van der Waals surface area contributed by atoms with E-state index in [1.54, 1.807) is 17.4 Å². The van der Waals surface area contributed by atoms with Gasteiger partial charge in [-0.05, 0) is 41.9 Å². The van der Waals surface area contributed by atoms with Gasteiger partial charge in [0, 0.05) is 29.7 Å². The number of ether oxygens (including phenoxy) is 1. The second-order valence-electron chi connectivity index (χ2n) is 9.57. The van der Waals surface area contributed by atoms with Crippen LogP contribution in [0, 0.1) is 0 Å². The summed E-state index contributed by atoms with van der Waals surface area (Å²) in [5.74, 6) is -0.0855. The van der Waals surface area contributed by atoms with Crippen LogP contribution in [0.15, 0.2) is 34.9 Å². The highest BCUT2D eigenvalue weighted by Gasteiger charge is 2.33. The first kappa shape index (κ1) is 30.3. The van der Waals surface area contributed by atoms with Crippen LogP contribution >= 0.6 is 11.3 Å². The van der Waals surface area contributed by atoms with E-state index in [-0.39, 0.29) is 41.2 Å². The number of rotatable bonds is 12. The fourth-order valence-electron chi connectivity index (χ4n) is 4.27. The Balaban J connectivity index is 1.52. The lowest BCUT2D eigenvalue weighted by atomic mass is 9.49. The van der Waals surface area contributed by atoms with Gasteiger partial charge in [0.2, 0.25) is 5.89 Å². The molecule has 1 aromatic carbocycles. The second-order valence-corrected chi connectivity index (χ2v) is 10.6. The molecule has 14 heteroatoms. The van der Waals surface area contributed by atoms with Crippen LogP contribution in [0.4, 0.5) is 18.3 Å².